The summed E-state index contributed by atoms with van der Waals surface area (Å²) >= 11 is 0. The number of fused-ring (bicyclic) bond motifs is 8. The third-order valence-corrected chi connectivity index (χ3v) is 11.1. The summed E-state index contributed by atoms with van der Waals surface area (Å²) in [6.45, 7) is 4.69. The zero-order valence-corrected chi connectivity index (χ0v) is 27.7. The second kappa shape index (κ2) is 10.5. The van der Waals surface area contributed by atoms with E-state index in [-0.39, 0.29) is 11.3 Å². The van der Waals surface area contributed by atoms with Crippen LogP contribution in [0.3, 0.4) is 0 Å². The fraction of sp³-hybridized carbons (Fsp3) is 0.0833. The van der Waals surface area contributed by atoms with E-state index in [1.165, 1.54) is 89.4 Å². The van der Waals surface area contributed by atoms with E-state index >= 15 is 0 Å². The van der Waals surface area contributed by atoms with E-state index in [0.717, 1.165) is 0 Å². The lowest BCUT2D eigenvalue weighted by Crippen LogP contribution is -2.30. The van der Waals surface area contributed by atoms with Gasteiger partial charge in [0.1, 0.15) is 0 Å². The average Bonchev–Trinajstić information content (AvgIpc) is 3.66. The van der Waals surface area contributed by atoms with Gasteiger partial charge >= 0.3 is 0 Å². The molecule has 1 heterocycles. The molecule has 3 aliphatic rings. The van der Waals surface area contributed by atoms with Crippen molar-refractivity contribution in [2.75, 3.05) is 4.90 Å². The van der Waals surface area contributed by atoms with Gasteiger partial charge in [0.2, 0.25) is 0 Å². The third-order valence-electron chi connectivity index (χ3n) is 11.1. The van der Waals surface area contributed by atoms with Crippen LogP contribution in [0.4, 0.5) is 17.1 Å². The fourth-order valence-electron chi connectivity index (χ4n) is 8.97. The van der Waals surface area contributed by atoms with Gasteiger partial charge in [0.25, 0.3) is 0 Å². The number of hydrogen-bond donors (Lipinski definition) is 0. The van der Waals surface area contributed by atoms with Gasteiger partial charge in [-0.25, -0.2) is 0 Å². The van der Waals surface area contributed by atoms with Crippen molar-refractivity contribution in [2.45, 2.75) is 25.2 Å². The first-order valence-corrected chi connectivity index (χ1v) is 17.3. The summed E-state index contributed by atoms with van der Waals surface area (Å²) in [6, 6.07) is 63.1. The monoisotopic (exact) mass is 625 g/mol. The molecule has 0 spiro atoms. The molecule has 0 saturated carbocycles. The van der Waals surface area contributed by atoms with Crippen molar-refractivity contribution in [1.29, 1.82) is 0 Å². The smallest absolute Gasteiger partial charge is 0.0502 e. The Bertz CT molecular complexity index is 2330. The van der Waals surface area contributed by atoms with Gasteiger partial charge in [-0.1, -0.05) is 159 Å². The standard InChI is InChI=1S/C48H35N/c1-48(2)41-23-11-13-25-43(41)49(44-26-14-12-24-42(44)48)32-29-27-31(28-30-32)45(46-37-19-7-3-15-33(37)34-16-4-8-20-38(34)46)47-39-21-9-5-17-35(39)36-18-6-10-22-40(36)47/h3-30,46H,1-2H3. The minimum atomic E-state index is -0.0896. The Kier molecular flexibility index (Phi) is 6.05. The van der Waals surface area contributed by atoms with E-state index in [0.29, 0.717) is 0 Å². The Morgan fingerprint density at radius 1 is 0.429 bits per heavy atom. The molecule has 2 aliphatic carbocycles. The molecule has 0 N–H and O–H groups in total. The molecule has 0 amide bonds. The zero-order valence-electron chi connectivity index (χ0n) is 27.7. The van der Waals surface area contributed by atoms with Crippen LogP contribution in [0.2, 0.25) is 0 Å². The molecule has 0 unspecified atom stereocenters. The molecule has 0 atom stereocenters. The van der Waals surface area contributed by atoms with Crippen LogP contribution in [0, 0.1) is 0 Å². The molecule has 7 aromatic carbocycles. The number of nitrogens with zero attached hydrogens (tertiary/aromatic N) is 1. The third kappa shape index (κ3) is 3.99. The predicted octanol–water partition coefficient (Wildman–Crippen LogP) is 12.5. The molecule has 0 radical (unpaired) electrons. The molecule has 1 nitrogen and oxygen atoms in total. The summed E-state index contributed by atoms with van der Waals surface area (Å²) in [5.74, 6) is 0.102. The lowest BCUT2D eigenvalue weighted by Gasteiger charge is -2.42. The predicted molar refractivity (Wildman–Crippen MR) is 205 cm³/mol. The topological polar surface area (TPSA) is 3.24 Å². The summed E-state index contributed by atoms with van der Waals surface area (Å²) in [7, 11) is 0. The van der Waals surface area contributed by atoms with Gasteiger partial charge in [0.05, 0.1) is 11.4 Å². The first kappa shape index (κ1) is 28.1. The van der Waals surface area contributed by atoms with E-state index in [4.69, 9.17) is 0 Å². The Morgan fingerprint density at radius 2 is 0.837 bits per heavy atom. The van der Waals surface area contributed by atoms with Crippen LogP contribution in [0.25, 0.3) is 33.4 Å². The second-order valence-electron chi connectivity index (χ2n) is 14.0. The second-order valence-corrected chi connectivity index (χ2v) is 14.0. The molecule has 232 valence electrons. The van der Waals surface area contributed by atoms with E-state index in [1.54, 1.807) is 0 Å². The number of hydrogen-bond acceptors (Lipinski definition) is 1. The van der Waals surface area contributed by atoms with Crippen LogP contribution < -0.4 is 4.90 Å². The molecule has 0 saturated heterocycles. The van der Waals surface area contributed by atoms with Gasteiger partial charge in [-0.05, 0) is 96.6 Å². The molecular formula is C48H35N. The van der Waals surface area contributed by atoms with Gasteiger partial charge in [0, 0.05) is 17.0 Å². The molecule has 0 fully saturated rings. The minimum absolute atomic E-state index is 0.0896. The number of rotatable bonds is 3. The molecule has 1 heteroatoms. The summed E-state index contributed by atoms with van der Waals surface area (Å²) in [5.41, 5.74) is 20.9. The van der Waals surface area contributed by atoms with Crippen LogP contribution in [-0.4, -0.2) is 0 Å². The summed E-state index contributed by atoms with van der Waals surface area (Å²) < 4.78 is 0. The Balaban J connectivity index is 1.22. The molecule has 49 heavy (non-hydrogen) atoms. The van der Waals surface area contributed by atoms with Crippen LogP contribution in [0.5, 0.6) is 0 Å². The van der Waals surface area contributed by atoms with Crippen LogP contribution in [0.15, 0.2) is 170 Å². The lowest BCUT2D eigenvalue weighted by molar-refractivity contribution is 0.632. The number of benzene rings is 7. The molecule has 0 aromatic heterocycles. The SMILES string of the molecule is CC1(C)c2ccccc2N(c2ccc(C(=C3c4ccccc4-c4ccccc43)C3c4ccccc4-c4ccccc43)cc2)c2ccccc21. The number of allylic oxidation sites excluding steroid dienone is 1. The quantitative estimate of drug-likeness (QED) is 0.189. The van der Waals surface area contributed by atoms with Gasteiger partial charge in [-0.2, -0.15) is 0 Å². The molecular weight excluding hydrogens is 591 g/mol. The van der Waals surface area contributed by atoms with E-state index in [1.807, 2.05) is 0 Å². The Hall–Kier alpha value is -5.92. The normalized spacial score (nSPS) is 14.7. The molecule has 1 aliphatic heterocycles. The van der Waals surface area contributed by atoms with Crippen molar-refractivity contribution < 1.29 is 0 Å². The van der Waals surface area contributed by atoms with E-state index < -0.39 is 0 Å². The van der Waals surface area contributed by atoms with Gasteiger partial charge in [-0.3, -0.25) is 0 Å². The van der Waals surface area contributed by atoms with Crippen molar-refractivity contribution >= 4 is 28.2 Å². The highest BCUT2D eigenvalue weighted by Crippen LogP contribution is 2.57. The molecule has 7 aromatic rings. The Labute approximate surface area is 288 Å². The highest BCUT2D eigenvalue weighted by molar-refractivity contribution is 6.13. The van der Waals surface area contributed by atoms with Crippen molar-refractivity contribution in [3.63, 3.8) is 0 Å². The van der Waals surface area contributed by atoms with Crippen molar-refractivity contribution in [1.82, 2.24) is 0 Å². The first-order valence-electron chi connectivity index (χ1n) is 17.3. The van der Waals surface area contributed by atoms with Crippen molar-refractivity contribution in [3.8, 4) is 22.3 Å². The summed E-state index contributed by atoms with van der Waals surface area (Å²) in [4.78, 5) is 2.45. The van der Waals surface area contributed by atoms with Gasteiger partial charge < -0.3 is 4.90 Å². The summed E-state index contributed by atoms with van der Waals surface area (Å²) in [6.07, 6.45) is 0. The summed E-state index contributed by atoms with van der Waals surface area (Å²) in [5, 5.41) is 0. The fourth-order valence-corrected chi connectivity index (χ4v) is 8.97. The molecule has 0 bridgehead atoms. The van der Waals surface area contributed by atoms with Gasteiger partial charge in [0.15, 0.2) is 0 Å². The largest absolute Gasteiger partial charge is 0.310 e. The van der Waals surface area contributed by atoms with E-state index in [9.17, 15) is 0 Å². The highest BCUT2D eigenvalue weighted by Gasteiger charge is 2.38. The maximum atomic E-state index is 2.45. The average molecular weight is 626 g/mol. The van der Waals surface area contributed by atoms with Crippen LogP contribution in [-0.2, 0) is 5.41 Å². The first-order chi connectivity index (χ1) is 24.1. The maximum absolute atomic E-state index is 2.45. The van der Waals surface area contributed by atoms with Crippen LogP contribution in [0.1, 0.15) is 58.7 Å². The molecule has 10 rings (SSSR count). The van der Waals surface area contributed by atoms with E-state index in [2.05, 4.69) is 189 Å². The Morgan fingerprint density at radius 3 is 1.35 bits per heavy atom. The zero-order chi connectivity index (χ0) is 32.7. The number of anilines is 3. The van der Waals surface area contributed by atoms with Gasteiger partial charge in [-0.15, -0.1) is 0 Å². The van der Waals surface area contributed by atoms with Crippen LogP contribution >= 0.6 is 0 Å². The number of para-hydroxylation sites is 2. The highest BCUT2D eigenvalue weighted by atomic mass is 15.2. The van der Waals surface area contributed by atoms with Crippen molar-refractivity contribution in [2.24, 2.45) is 0 Å². The lowest BCUT2D eigenvalue weighted by atomic mass is 9.73. The minimum Gasteiger partial charge on any atom is -0.310 e. The maximum Gasteiger partial charge on any atom is 0.0502 e. The van der Waals surface area contributed by atoms with Crippen molar-refractivity contribution in [3.05, 3.63) is 209 Å².